The number of amides is 2. The molecule has 2 saturated heterocycles. The first-order valence-corrected chi connectivity index (χ1v) is 14.3. The molecular formula is C30H47N5O2. The molecule has 3 aliphatic heterocycles. The third kappa shape index (κ3) is 10.2. The van der Waals surface area contributed by atoms with Crippen molar-refractivity contribution < 1.29 is 9.59 Å². The van der Waals surface area contributed by atoms with Crippen molar-refractivity contribution in [3.63, 3.8) is 0 Å². The summed E-state index contributed by atoms with van der Waals surface area (Å²) in [6.07, 6.45) is 11.4. The van der Waals surface area contributed by atoms with E-state index >= 15 is 0 Å². The summed E-state index contributed by atoms with van der Waals surface area (Å²) in [5.41, 5.74) is 2.12. The van der Waals surface area contributed by atoms with E-state index in [1.165, 1.54) is 24.8 Å². The highest BCUT2D eigenvalue weighted by molar-refractivity contribution is 5.96. The quantitative estimate of drug-likeness (QED) is 0.399. The number of dihydropyridines is 1. The van der Waals surface area contributed by atoms with Gasteiger partial charge in [-0.05, 0) is 62.8 Å². The van der Waals surface area contributed by atoms with Gasteiger partial charge in [0.05, 0.1) is 5.82 Å². The van der Waals surface area contributed by atoms with Gasteiger partial charge in [-0.25, -0.2) is 0 Å². The standard InChI is InChI=1S/C22H37N5O2.C8H10/c1-2-18-7-14-26(15-8-18)16-11-25-22(29)19-6-10-24-20(17-19)23-9-4-13-27-12-3-5-21(27)28;1-2-8-6-4-3-5-7-8/h6,17-18,23-24H,2-5,7-16H2,1H3,(H,25,29);3-7H,2H2,1H3. The van der Waals surface area contributed by atoms with Crippen molar-refractivity contribution in [3.05, 3.63) is 59.4 Å². The lowest BCUT2D eigenvalue weighted by Crippen LogP contribution is -2.40. The number of benzene rings is 1. The summed E-state index contributed by atoms with van der Waals surface area (Å²) in [7, 11) is 0. The van der Waals surface area contributed by atoms with Crippen molar-refractivity contribution in [2.45, 2.75) is 58.8 Å². The van der Waals surface area contributed by atoms with Gasteiger partial charge < -0.3 is 25.8 Å². The number of hydrogen-bond acceptors (Lipinski definition) is 5. The van der Waals surface area contributed by atoms with E-state index in [0.717, 1.165) is 70.3 Å². The topological polar surface area (TPSA) is 76.7 Å². The smallest absolute Gasteiger partial charge is 0.251 e. The molecule has 3 aliphatic rings. The Kier molecular flexibility index (Phi) is 12.5. The van der Waals surface area contributed by atoms with Gasteiger partial charge in [-0.15, -0.1) is 0 Å². The fraction of sp³-hybridized carbons (Fsp3) is 0.600. The molecule has 1 aromatic rings. The lowest BCUT2D eigenvalue weighted by atomic mass is 9.94. The highest BCUT2D eigenvalue weighted by atomic mass is 16.2. The maximum absolute atomic E-state index is 12.5. The van der Waals surface area contributed by atoms with Gasteiger partial charge in [0.1, 0.15) is 0 Å². The van der Waals surface area contributed by atoms with E-state index in [2.05, 4.69) is 59.0 Å². The van der Waals surface area contributed by atoms with Crippen molar-refractivity contribution in [2.75, 3.05) is 52.4 Å². The molecule has 0 bridgehead atoms. The first kappa shape index (κ1) is 28.8. The predicted octanol–water partition coefficient (Wildman–Crippen LogP) is 3.45. The zero-order chi connectivity index (χ0) is 26.3. The minimum atomic E-state index is -0.00286. The third-order valence-corrected chi connectivity index (χ3v) is 7.52. The second-order valence-electron chi connectivity index (χ2n) is 10.2. The Morgan fingerprint density at radius 2 is 1.84 bits per heavy atom. The second-order valence-corrected chi connectivity index (χ2v) is 10.2. The summed E-state index contributed by atoms with van der Waals surface area (Å²) in [6, 6.07) is 10.5. The number of nitrogens with one attached hydrogen (secondary N) is 3. The molecule has 7 heteroatoms. The maximum atomic E-state index is 12.5. The highest BCUT2D eigenvalue weighted by Crippen LogP contribution is 2.19. The number of rotatable bonds is 11. The minimum absolute atomic E-state index is 0.00286. The first-order chi connectivity index (χ1) is 18.1. The Morgan fingerprint density at radius 1 is 1.05 bits per heavy atom. The first-order valence-electron chi connectivity index (χ1n) is 14.3. The second kappa shape index (κ2) is 16.1. The largest absolute Gasteiger partial charge is 0.372 e. The summed E-state index contributed by atoms with van der Waals surface area (Å²) >= 11 is 0. The lowest BCUT2D eigenvalue weighted by Gasteiger charge is -2.31. The fourth-order valence-electron chi connectivity index (χ4n) is 5.00. The number of aryl methyl sites for hydroxylation is 1. The van der Waals surface area contributed by atoms with Crippen molar-refractivity contribution >= 4 is 11.8 Å². The Labute approximate surface area is 223 Å². The molecule has 2 amide bonds. The van der Waals surface area contributed by atoms with Gasteiger partial charge in [0.25, 0.3) is 5.91 Å². The molecule has 2 fully saturated rings. The van der Waals surface area contributed by atoms with Gasteiger partial charge in [0.2, 0.25) is 5.91 Å². The Morgan fingerprint density at radius 3 is 2.49 bits per heavy atom. The molecule has 204 valence electrons. The van der Waals surface area contributed by atoms with Crippen molar-refractivity contribution in [2.24, 2.45) is 5.92 Å². The van der Waals surface area contributed by atoms with Crippen LogP contribution in [0, 0.1) is 5.92 Å². The van der Waals surface area contributed by atoms with Crippen LogP contribution in [0.25, 0.3) is 0 Å². The number of likely N-dealkylation sites (tertiary alicyclic amines) is 2. The number of piperidine rings is 1. The van der Waals surface area contributed by atoms with Crippen LogP contribution in [0.3, 0.4) is 0 Å². The molecule has 1 aromatic carbocycles. The van der Waals surface area contributed by atoms with E-state index in [0.29, 0.717) is 25.1 Å². The minimum Gasteiger partial charge on any atom is -0.372 e. The van der Waals surface area contributed by atoms with Crippen LogP contribution in [-0.4, -0.2) is 74.0 Å². The van der Waals surface area contributed by atoms with E-state index in [4.69, 9.17) is 0 Å². The van der Waals surface area contributed by atoms with Gasteiger partial charge in [0, 0.05) is 51.3 Å². The molecule has 7 nitrogen and oxygen atoms in total. The molecule has 3 heterocycles. The van der Waals surface area contributed by atoms with Crippen molar-refractivity contribution in [1.29, 1.82) is 0 Å². The molecular weight excluding hydrogens is 462 g/mol. The highest BCUT2D eigenvalue weighted by Gasteiger charge is 2.20. The zero-order valence-electron chi connectivity index (χ0n) is 22.9. The summed E-state index contributed by atoms with van der Waals surface area (Å²) in [4.78, 5) is 28.5. The SMILES string of the molecule is CCC1CCN(CCNC(=O)C2=CCNC(NCCCN3CCCC3=O)=C2)CC1.CCc1ccccc1. The lowest BCUT2D eigenvalue weighted by molar-refractivity contribution is -0.127. The number of carbonyl (C=O) groups is 2. The molecule has 37 heavy (non-hydrogen) atoms. The summed E-state index contributed by atoms with van der Waals surface area (Å²) in [5.74, 6) is 2.04. The van der Waals surface area contributed by atoms with E-state index in [1.54, 1.807) is 0 Å². The molecule has 0 saturated carbocycles. The molecule has 0 radical (unpaired) electrons. The Hall–Kier alpha value is -2.80. The monoisotopic (exact) mass is 509 g/mol. The molecule has 0 aromatic heterocycles. The van der Waals surface area contributed by atoms with Crippen LogP contribution in [0.2, 0.25) is 0 Å². The van der Waals surface area contributed by atoms with E-state index in [1.807, 2.05) is 23.1 Å². The molecule has 0 aliphatic carbocycles. The average molecular weight is 510 g/mol. The van der Waals surface area contributed by atoms with Crippen LogP contribution in [0.4, 0.5) is 0 Å². The molecule has 0 unspecified atom stereocenters. The molecule has 4 rings (SSSR count). The zero-order valence-corrected chi connectivity index (χ0v) is 22.9. The fourth-order valence-corrected chi connectivity index (χ4v) is 5.00. The molecule has 0 spiro atoms. The van der Waals surface area contributed by atoms with Crippen LogP contribution in [0.5, 0.6) is 0 Å². The number of hydrogen-bond donors (Lipinski definition) is 3. The summed E-state index contributed by atoms with van der Waals surface area (Å²) in [6.45, 7) is 11.5. The van der Waals surface area contributed by atoms with Gasteiger partial charge in [0.15, 0.2) is 0 Å². The Balaban J connectivity index is 0.000000405. The van der Waals surface area contributed by atoms with Crippen molar-refractivity contribution in [3.8, 4) is 0 Å². The predicted molar refractivity (Wildman–Crippen MR) is 151 cm³/mol. The summed E-state index contributed by atoms with van der Waals surface area (Å²) in [5, 5.41) is 9.67. The van der Waals surface area contributed by atoms with Gasteiger partial charge in [-0.3, -0.25) is 9.59 Å². The third-order valence-electron chi connectivity index (χ3n) is 7.52. The van der Waals surface area contributed by atoms with Crippen LogP contribution in [0.15, 0.2) is 53.9 Å². The van der Waals surface area contributed by atoms with Gasteiger partial charge >= 0.3 is 0 Å². The summed E-state index contributed by atoms with van der Waals surface area (Å²) < 4.78 is 0. The van der Waals surface area contributed by atoms with Crippen LogP contribution >= 0.6 is 0 Å². The van der Waals surface area contributed by atoms with E-state index in [9.17, 15) is 9.59 Å². The maximum Gasteiger partial charge on any atom is 0.251 e. The van der Waals surface area contributed by atoms with Crippen LogP contribution in [0.1, 0.15) is 57.9 Å². The number of nitrogens with zero attached hydrogens (tertiary/aromatic N) is 2. The average Bonchev–Trinajstić information content (AvgIpc) is 3.36. The van der Waals surface area contributed by atoms with Gasteiger partial charge in [-0.2, -0.15) is 0 Å². The molecule has 3 N–H and O–H groups in total. The van der Waals surface area contributed by atoms with Gasteiger partial charge in [-0.1, -0.05) is 56.7 Å². The van der Waals surface area contributed by atoms with E-state index < -0.39 is 0 Å². The Bertz CT molecular complexity index is 890. The van der Waals surface area contributed by atoms with Crippen LogP contribution < -0.4 is 16.0 Å². The normalized spacial score (nSPS) is 18.3. The van der Waals surface area contributed by atoms with E-state index in [-0.39, 0.29) is 11.8 Å². The number of carbonyl (C=O) groups excluding carboxylic acids is 2. The van der Waals surface area contributed by atoms with Crippen LogP contribution in [-0.2, 0) is 16.0 Å². The van der Waals surface area contributed by atoms with Crippen molar-refractivity contribution in [1.82, 2.24) is 25.8 Å². The molecule has 0 atom stereocenters.